The first-order valence-corrected chi connectivity index (χ1v) is 6.18. The van der Waals surface area contributed by atoms with Gasteiger partial charge in [0.15, 0.2) is 0 Å². The lowest BCUT2D eigenvalue weighted by Crippen LogP contribution is -2.50. The van der Waals surface area contributed by atoms with Gasteiger partial charge in [0.05, 0.1) is 5.69 Å². The van der Waals surface area contributed by atoms with E-state index in [4.69, 9.17) is 5.11 Å². The molecule has 0 saturated carbocycles. The van der Waals surface area contributed by atoms with Gasteiger partial charge in [-0.3, -0.25) is 4.79 Å². The van der Waals surface area contributed by atoms with E-state index < -0.39 is 29.9 Å². The number of urea groups is 1. The molecule has 2 amide bonds. The molecule has 0 unspecified atom stereocenters. The van der Waals surface area contributed by atoms with Crippen molar-refractivity contribution in [2.24, 2.45) is 0 Å². The van der Waals surface area contributed by atoms with Gasteiger partial charge in [-0.1, -0.05) is 6.07 Å². The molecular formula is C14H19FN2O3. The van der Waals surface area contributed by atoms with Crippen molar-refractivity contribution in [2.45, 2.75) is 33.2 Å². The third-order valence-electron chi connectivity index (χ3n) is 2.71. The van der Waals surface area contributed by atoms with Gasteiger partial charge >= 0.3 is 12.0 Å². The highest BCUT2D eigenvalue weighted by atomic mass is 19.1. The van der Waals surface area contributed by atoms with Crippen molar-refractivity contribution in [3.05, 3.63) is 29.6 Å². The van der Waals surface area contributed by atoms with Gasteiger partial charge in [-0.2, -0.15) is 0 Å². The molecule has 0 aromatic heterocycles. The maximum atomic E-state index is 13.6. The standard InChI is InChI=1S/C14H19FN2O3/c1-9-5-6-10(15)11(7-9)16-13(20)17(8-12(18)19)14(2,3)4/h5-7H,8H2,1-4H3,(H,16,20)(H,18,19). The van der Waals surface area contributed by atoms with E-state index in [0.717, 1.165) is 10.5 Å². The smallest absolute Gasteiger partial charge is 0.323 e. The molecule has 20 heavy (non-hydrogen) atoms. The van der Waals surface area contributed by atoms with Crippen LogP contribution in [0.1, 0.15) is 26.3 Å². The first-order valence-electron chi connectivity index (χ1n) is 6.18. The van der Waals surface area contributed by atoms with Gasteiger partial charge in [0.1, 0.15) is 12.4 Å². The number of halogens is 1. The monoisotopic (exact) mass is 282 g/mol. The molecule has 0 aliphatic rings. The van der Waals surface area contributed by atoms with Crippen molar-refractivity contribution in [1.82, 2.24) is 4.90 Å². The SMILES string of the molecule is Cc1ccc(F)c(NC(=O)N(CC(=O)O)C(C)(C)C)c1. The molecule has 1 aromatic carbocycles. The number of benzene rings is 1. The second kappa shape index (κ2) is 5.90. The van der Waals surface area contributed by atoms with Gasteiger partial charge in [0.25, 0.3) is 0 Å². The van der Waals surface area contributed by atoms with E-state index >= 15 is 0 Å². The van der Waals surface area contributed by atoms with Crippen molar-refractivity contribution >= 4 is 17.7 Å². The fraction of sp³-hybridized carbons (Fsp3) is 0.429. The number of nitrogens with one attached hydrogen (secondary N) is 1. The molecule has 0 aliphatic heterocycles. The Morgan fingerprint density at radius 1 is 1.35 bits per heavy atom. The normalized spacial score (nSPS) is 11.1. The second-order valence-electron chi connectivity index (χ2n) is 5.56. The summed E-state index contributed by atoms with van der Waals surface area (Å²) in [6.45, 7) is 6.45. The fourth-order valence-electron chi connectivity index (χ4n) is 1.67. The molecule has 6 heteroatoms. The Labute approximate surface area is 117 Å². The fourth-order valence-corrected chi connectivity index (χ4v) is 1.67. The molecule has 5 nitrogen and oxygen atoms in total. The Morgan fingerprint density at radius 3 is 2.45 bits per heavy atom. The lowest BCUT2D eigenvalue weighted by atomic mass is 10.1. The van der Waals surface area contributed by atoms with Gasteiger partial charge in [0, 0.05) is 5.54 Å². The Bertz CT molecular complexity index is 524. The zero-order valence-corrected chi connectivity index (χ0v) is 12.0. The molecule has 0 atom stereocenters. The molecule has 0 fully saturated rings. The van der Waals surface area contributed by atoms with Crippen LogP contribution in [0.5, 0.6) is 0 Å². The molecule has 0 aliphatic carbocycles. The van der Waals surface area contributed by atoms with E-state index in [1.807, 2.05) is 0 Å². The zero-order valence-electron chi connectivity index (χ0n) is 12.0. The first-order chi connectivity index (χ1) is 9.11. The summed E-state index contributed by atoms with van der Waals surface area (Å²) >= 11 is 0. The van der Waals surface area contributed by atoms with E-state index in [1.54, 1.807) is 33.8 Å². The van der Waals surface area contributed by atoms with Gasteiger partial charge in [-0.05, 0) is 45.4 Å². The number of anilines is 1. The van der Waals surface area contributed by atoms with Crippen molar-refractivity contribution in [3.8, 4) is 0 Å². The first kappa shape index (κ1) is 15.9. The van der Waals surface area contributed by atoms with Crippen LogP contribution in [0.2, 0.25) is 0 Å². The Hall–Kier alpha value is -2.11. The van der Waals surface area contributed by atoms with Gasteiger partial charge in [0.2, 0.25) is 0 Å². The van der Waals surface area contributed by atoms with Crippen LogP contribution in [-0.4, -0.2) is 34.1 Å². The predicted molar refractivity (Wildman–Crippen MR) is 74.3 cm³/mol. The van der Waals surface area contributed by atoms with E-state index in [0.29, 0.717) is 0 Å². The number of carboxylic acid groups (broad SMARTS) is 1. The molecule has 110 valence electrons. The Kier molecular flexibility index (Phi) is 4.70. The number of rotatable bonds is 3. The van der Waals surface area contributed by atoms with Crippen LogP contribution in [0.15, 0.2) is 18.2 Å². The third-order valence-corrected chi connectivity index (χ3v) is 2.71. The summed E-state index contributed by atoms with van der Waals surface area (Å²) in [6, 6.07) is 3.69. The van der Waals surface area contributed by atoms with Crippen molar-refractivity contribution < 1.29 is 19.1 Å². The summed E-state index contributed by atoms with van der Waals surface area (Å²) in [5.74, 6) is -1.69. The zero-order chi connectivity index (χ0) is 15.5. The Balaban J connectivity index is 2.96. The number of carbonyl (C=O) groups is 2. The molecule has 0 heterocycles. The van der Waals surface area contributed by atoms with Crippen LogP contribution in [0, 0.1) is 12.7 Å². The summed E-state index contributed by atoms with van der Waals surface area (Å²) in [5.41, 5.74) is 0.139. The predicted octanol–water partition coefficient (Wildman–Crippen LogP) is 2.85. The lowest BCUT2D eigenvalue weighted by molar-refractivity contribution is -0.138. The van der Waals surface area contributed by atoms with Gasteiger partial charge in [-0.15, -0.1) is 0 Å². The lowest BCUT2D eigenvalue weighted by Gasteiger charge is -2.34. The molecule has 0 radical (unpaired) electrons. The van der Waals surface area contributed by atoms with Gasteiger partial charge in [-0.25, -0.2) is 9.18 Å². The van der Waals surface area contributed by atoms with Crippen LogP contribution in [0.3, 0.4) is 0 Å². The minimum absolute atomic E-state index is 0.0367. The number of aliphatic carboxylic acids is 1. The number of carbonyl (C=O) groups excluding carboxylic acids is 1. The topological polar surface area (TPSA) is 69.6 Å². The van der Waals surface area contributed by atoms with E-state index in [1.165, 1.54) is 12.1 Å². The number of carboxylic acids is 1. The van der Waals surface area contributed by atoms with E-state index in [-0.39, 0.29) is 5.69 Å². The number of amides is 2. The number of aryl methyl sites for hydroxylation is 1. The highest BCUT2D eigenvalue weighted by Crippen LogP contribution is 2.19. The maximum Gasteiger partial charge on any atom is 0.323 e. The molecule has 1 rings (SSSR count). The number of nitrogens with zero attached hydrogens (tertiary/aromatic N) is 1. The molecule has 0 bridgehead atoms. The minimum atomic E-state index is -1.13. The third kappa shape index (κ3) is 4.22. The van der Waals surface area contributed by atoms with Crippen molar-refractivity contribution in [3.63, 3.8) is 0 Å². The summed E-state index contributed by atoms with van der Waals surface area (Å²) in [6.07, 6.45) is 0. The largest absolute Gasteiger partial charge is 0.480 e. The average Bonchev–Trinajstić information content (AvgIpc) is 2.29. The molecule has 0 spiro atoms. The molecule has 0 saturated heterocycles. The summed E-state index contributed by atoms with van der Waals surface area (Å²) < 4.78 is 13.6. The van der Waals surface area contributed by atoms with Gasteiger partial charge < -0.3 is 15.3 Å². The second-order valence-corrected chi connectivity index (χ2v) is 5.56. The van der Waals surface area contributed by atoms with E-state index in [9.17, 15) is 14.0 Å². The summed E-state index contributed by atoms with van der Waals surface area (Å²) in [7, 11) is 0. The van der Waals surface area contributed by atoms with Crippen molar-refractivity contribution in [1.29, 1.82) is 0 Å². The molecule has 1 aromatic rings. The quantitative estimate of drug-likeness (QED) is 0.895. The van der Waals surface area contributed by atoms with Crippen LogP contribution in [-0.2, 0) is 4.79 Å². The highest BCUT2D eigenvalue weighted by molar-refractivity contribution is 5.92. The maximum absolute atomic E-state index is 13.6. The highest BCUT2D eigenvalue weighted by Gasteiger charge is 2.28. The Morgan fingerprint density at radius 2 is 1.95 bits per heavy atom. The molecule has 2 N–H and O–H groups in total. The van der Waals surface area contributed by atoms with E-state index in [2.05, 4.69) is 5.32 Å². The number of hydrogen-bond donors (Lipinski definition) is 2. The van der Waals surface area contributed by atoms with Crippen LogP contribution >= 0.6 is 0 Å². The summed E-state index contributed by atoms with van der Waals surface area (Å²) in [5, 5.41) is 11.3. The van der Waals surface area contributed by atoms with Crippen LogP contribution in [0.25, 0.3) is 0 Å². The van der Waals surface area contributed by atoms with Crippen LogP contribution in [0.4, 0.5) is 14.9 Å². The van der Waals surface area contributed by atoms with Crippen molar-refractivity contribution in [2.75, 3.05) is 11.9 Å². The molecular weight excluding hydrogens is 263 g/mol. The minimum Gasteiger partial charge on any atom is -0.480 e. The average molecular weight is 282 g/mol. The number of hydrogen-bond acceptors (Lipinski definition) is 2. The van der Waals surface area contributed by atoms with Crippen LogP contribution < -0.4 is 5.32 Å². The summed E-state index contributed by atoms with van der Waals surface area (Å²) in [4.78, 5) is 24.1.